The van der Waals surface area contributed by atoms with Crippen molar-refractivity contribution in [3.05, 3.63) is 52.9 Å². The Morgan fingerprint density at radius 1 is 1.03 bits per heavy atom. The first-order valence-electron chi connectivity index (χ1n) is 9.52. The molecule has 9 heteroatoms. The quantitative estimate of drug-likeness (QED) is 0.526. The number of hydrogen-bond donors (Lipinski definition) is 1. The van der Waals surface area contributed by atoms with Crippen LogP contribution in [-0.4, -0.2) is 58.1 Å². The van der Waals surface area contributed by atoms with Crippen molar-refractivity contribution in [2.45, 2.75) is 6.42 Å². The van der Waals surface area contributed by atoms with Crippen LogP contribution in [0.3, 0.4) is 0 Å². The van der Waals surface area contributed by atoms with E-state index in [9.17, 15) is 0 Å². The lowest BCUT2D eigenvalue weighted by Gasteiger charge is -2.33. The van der Waals surface area contributed by atoms with Gasteiger partial charge in [0.1, 0.15) is 22.5 Å². The van der Waals surface area contributed by atoms with Crippen LogP contribution in [0.1, 0.15) is 11.4 Å². The van der Waals surface area contributed by atoms with E-state index < -0.39 is 0 Å². The second-order valence-corrected chi connectivity index (χ2v) is 8.91. The number of likely N-dealkylation sites (N-methyl/N-ethyl adjacent to an activating group) is 1. The Kier molecular flexibility index (Phi) is 5.09. The van der Waals surface area contributed by atoms with Gasteiger partial charge < -0.3 is 15.1 Å². The molecule has 1 saturated heterocycles. The van der Waals surface area contributed by atoms with Crippen molar-refractivity contribution < 1.29 is 0 Å². The molecule has 5 rings (SSSR count). The Balaban J connectivity index is 1.46. The summed E-state index contributed by atoms with van der Waals surface area (Å²) in [4.78, 5) is 22.9. The average Bonchev–Trinajstić information content (AvgIpc) is 3.40. The third-order valence-corrected chi connectivity index (χ3v) is 6.51. The van der Waals surface area contributed by atoms with E-state index in [0.29, 0.717) is 6.42 Å². The Morgan fingerprint density at radius 2 is 1.93 bits per heavy atom. The van der Waals surface area contributed by atoms with Crippen LogP contribution in [0.15, 0.2) is 41.5 Å². The van der Waals surface area contributed by atoms with Crippen molar-refractivity contribution >= 4 is 49.5 Å². The van der Waals surface area contributed by atoms with Gasteiger partial charge in [0.15, 0.2) is 0 Å². The second-order valence-electron chi connectivity index (χ2n) is 7.14. The fourth-order valence-electron chi connectivity index (χ4n) is 3.42. The van der Waals surface area contributed by atoms with Gasteiger partial charge in [-0.3, -0.25) is 4.98 Å². The Morgan fingerprint density at radius 3 is 2.76 bits per heavy atom. The van der Waals surface area contributed by atoms with E-state index >= 15 is 0 Å². The predicted octanol–water partition coefficient (Wildman–Crippen LogP) is 3.63. The maximum Gasteiger partial charge on any atom is 0.137 e. The minimum atomic E-state index is 0.687. The number of nitrogens with one attached hydrogen (secondary N) is 1. The molecule has 0 aliphatic carbocycles. The van der Waals surface area contributed by atoms with Crippen molar-refractivity contribution in [1.29, 1.82) is 0 Å². The lowest BCUT2D eigenvalue weighted by Crippen LogP contribution is -2.44. The summed E-state index contributed by atoms with van der Waals surface area (Å²) in [6, 6.07) is 8.42. The Labute approximate surface area is 177 Å². The minimum Gasteiger partial charge on any atom is -0.354 e. The number of anilines is 3. The molecule has 1 fully saturated rings. The molecular formula is C20H21N7S2. The molecule has 0 amide bonds. The highest BCUT2D eigenvalue weighted by Crippen LogP contribution is 2.25. The monoisotopic (exact) mass is 423 g/mol. The summed E-state index contributed by atoms with van der Waals surface area (Å²) in [6.45, 7) is 4.03. The average molecular weight is 424 g/mol. The highest BCUT2D eigenvalue weighted by atomic mass is 32.1. The Hall–Kier alpha value is -2.62. The SMILES string of the molecule is CN1CCN(c2cc(Nc3cncs3)nc(Cc3ccc4ncsc4c3)n2)CC1. The number of thiazole rings is 2. The molecule has 0 unspecified atom stereocenters. The molecule has 1 aliphatic heterocycles. The van der Waals surface area contributed by atoms with Gasteiger partial charge in [0, 0.05) is 38.7 Å². The number of aromatic nitrogens is 4. The molecule has 0 atom stereocenters. The molecule has 29 heavy (non-hydrogen) atoms. The molecule has 0 radical (unpaired) electrons. The summed E-state index contributed by atoms with van der Waals surface area (Å²) in [7, 11) is 2.16. The van der Waals surface area contributed by atoms with Gasteiger partial charge in [-0.2, -0.15) is 0 Å². The molecule has 4 aromatic rings. The van der Waals surface area contributed by atoms with E-state index in [2.05, 4.69) is 50.3 Å². The van der Waals surface area contributed by atoms with E-state index in [4.69, 9.17) is 9.97 Å². The van der Waals surface area contributed by atoms with Crippen LogP contribution in [0.4, 0.5) is 16.6 Å². The highest BCUT2D eigenvalue weighted by Gasteiger charge is 2.17. The van der Waals surface area contributed by atoms with Gasteiger partial charge >= 0.3 is 0 Å². The molecule has 1 N–H and O–H groups in total. The molecule has 1 aliphatic rings. The normalized spacial score (nSPS) is 15.1. The number of piperazine rings is 1. The van der Waals surface area contributed by atoms with Crippen LogP contribution in [-0.2, 0) is 6.42 Å². The smallest absolute Gasteiger partial charge is 0.137 e. The number of hydrogen-bond acceptors (Lipinski definition) is 9. The van der Waals surface area contributed by atoms with Crippen LogP contribution < -0.4 is 10.2 Å². The van der Waals surface area contributed by atoms with Crippen LogP contribution >= 0.6 is 22.7 Å². The fourth-order valence-corrected chi connectivity index (χ4v) is 4.68. The first kappa shape index (κ1) is 18.4. The topological polar surface area (TPSA) is 70.1 Å². The molecule has 148 valence electrons. The standard InChI is InChI=1S/C20H21N7S2/c1-26-4-6-27(7-5-26)19-10-18(25-20-11-21-12-29-20)23-17(24-19)9-14-2-3-15-16(8-14)28-13-22-15/h2-3,8,10-13H,4-7,9H2,1H3,(H,23,24,25). The van der Waals surface area contributed by atoms with Crippen LogP contribution in [0.2, 0.25) is 0 Å². The van der Waals surface area contributed by atoms with Gasteiger partial charge in [-0.05, 0) is 24.7 Å². The van der Waals surface area contributed by atoms with Crippen molar-refractivity contribution in [2.24, 2.45) is 0 Å². The van der Waals surface area contributed by atoms with Crippen molar-refractivity contribution in [3.8, 4) is 0 Å². The van der Waals surface area contributed by atoms with Crippen LogP contribution in [0.5, 0.6) is 0 Å². The lowest BCUT2D eigenvalue weighted by atomic mass is 10.1. The summed E-state index contributed by atoms with van der Waals surface area (Å²) in [6.07, 6.45) is 2.51. The molecule has 0 saturated carbocycles. The first-order valence-corrected chi connectivity index (χ1v) is 11.3. The zero-order valence-electron chi connectivity index (χ0n) is 16.1. The zero-order valence-corrected chi connectivity index (χ0v) is 17.7. The van der Waals surface area contributed by atoms with Gasteiger partial charge in [-0.1, -0.05) is 6.07 Å². The van der Waals surface area contributed by atoms with Crippen LogP contribution in [0, 0.1) is 0 Å². The van der Waals surface area contributed by atoms with E-state index in [1.807, 2.05) is 23.3 Å². The molecule has 3 aromatic heterocycles. The zero-order chi connectivity index (χ0) is 19.6. The summed E-state index contributed by atoms with van der Waals surface area (Å²) in [5.41, 5.74) is 5.94. The maximum absolute atomic E-state index is 4.91. The number of fused-ring (bicyclic) bond motifs is 1. The Bertz CT molecular complexity index is 1100. The molecule has 1 aromatic carbocycles. The predicted molar refractivity (Wildman–Crippen MR) is 120 cm³/mol. The van der Waals surface area contributed by atoms with Gasteiger partial charge in [0.05, 0.1) is 27.4 Å². The molecule has 4 heterocycles. The van der Waals surface area contributed by atoms with Crippen molar-refractivity contribution in [2.75, 3.05) is 43.4 Å². The fraction of sp³-hybridized carbons (Fsp3) is 0.300. The minimum absolute atomic E-state index is 0.687. The third-order valence-electron chi connectivity index (χ3n) is 5.03. The van der Waals surface area contributed by atoms with E-state index in [1.165, 1.54) is 10.3 Å². The number of rotatable bonds is 5. The van der Waals surface area contributed by atoms with E-state index in [0.717, 1.165) is 54.2 Å². The summed E-state index contributed by atoms with van der Waals surface area (Å²) >= 11 is 3.22. The molecule has 0 spiro atoms. The van der Waals surface area contributed by atoms with Crippen molar-refractivity contribution in [3.63, 3.8) is 0 Å². The van der Waals surface area contributed by atoms with E-state index in [-0.39, 0.29) is 0 Å². The summed E-state index contributed by atoms with van der Waals surface area (Å²) in [5.74, 6) is 2.61. The third kappa shape index (κ3) is 4.21. The lowest BCUT2D eigenvalue weighted by molar-refractivity contribution is 0.312. The number of nitrogens with zero attached hydrogens (tertiary/aromatic N) is 6. The van der Waals surface area contributed by atoms with E-state index in [1.54, 1.807) is 22.7 Å². The summed E-state index contributed by atoms with van der Waals surface area (Å²) in [5, 5.41) is 4.36. The van der Waals surface area contributed by atoms with Gasteiger partial charge in [0.2, 0.25) is 0 Å². The molecular weight excluding hydrogens is 402 g/mol. The van der Waals surface area contributed by atoms with Crippen LogP contribution in [0.25, 0.3) is 10.2 Å². The molecule has 0 bridgehead atoms. The highest BCUT2D eigenvalue weighted by molar-refractivity contribution is 7.16. The first-order chi connectivity index (χ1) is 14.2. The van der Waals surface area contributed by atoms with Crippen molar-refractivity contribution in [1.82, 2.24) is 24.8 Å². The maximum atomic E-state index is 4.91. The number of benzene rings is 1. The second kappa shape index (κ2) is 8.02. The van der Waals surface area contributed by atoms with Gasteiger partial charge in [0.25, 0.3) is 0 Å². The largest absolute Gasteiger partial charge is 0.354 e. The van der Waals surface area contributed by atoms with Gasteiger partial charge in [-0.25, -0.2) is 15.0 Å². The van der Waals surface area contributed by atoms with Gasteiger partial charge in [-0.15, -0.1) is 22.7 Å². The summed E-state index contributed by atoms with van der Waals surface area (Å²) < 4.78 is 1.20. The molecule has 7 nitrogen and oxygen atoms in total.